The molecule has 1 heterocycles. The van der Waals surface area contributed by atoms with Gasteiger partial charge in [0.2, 0.25) is 0 Å². The zero-order chi connectivity index (χ0) is 12.3. The lowest BCUT2D eigenvalue weighted by atomic mass is 10.1. The van der Waals surface area contributed by atoms with Gasteiger partial charge in [0.15, 0.2) is 5.69 Å². The van der Waals surface area contributed by atoms with Crippen LogP contribution in [0.1, 0.15) is 21.6 Å². The van der Waals surface area contributed by atoms with Gasteiger partial charge in [-0.25, -0.2) is 9.78 Å². The number of aromatic nitrogens is 1. The van der Waals surface area contributed by atoms with Crippen LogP contribution in [-0.2, 0) is 10.9 Å². The van der Waals surface area contributed by atoms with Crippen molar-refractivity contribution in [1.82, 2.24) is 4.98 Å². The molecule has 7 heteroatoms. The van der Waals surface area contributed by atoms with Gasteiger partial charge in [0.1, 0.15) is 6.07 Å². The van der Waals surface area contributed by atoms with Crippen molar-refractivity contribution in [1.29, 1.82) is 5.26 Å². The molecule has 0 unspecified atom stereocenters. The summed E-state index contributed by atoms with van der Waals surface area (Å²) in [6, 6.07) is 2.05. The molecule has 84 valence electrons. The average molecular weight is 230 g/mol. The Morgan fingerprint density at radius 3 is 2.62 bits per heavy atom. The predicted molar refractivity (Wildman–Crippen MR) is 45.3 cm³/mol. The largest absolute Gasteiger partial charge is 0.465 e. The van der Waals surface area contributed by atoms with Crippen molar-refractivity contribution in [3.8, 4) is 6.07 Å². The molecule has 0 saturated heterocycles. The molecule has 1 aromatic heterocycles. The minimum absolute atomic E-state index is 0.403. The summed E-state index contributed by atoms with van der Waals surface area (Å²) in [7, 11) is 1.00. The maximum absolute atomic E-state index is 12.3. The van der Waals surface area contributed by atoms with Crippen molar-refractivity contribution in [2.75, 3.05) is 7.11 Å². The fraction of sp³-hybridized carbons (Fsp3) is 0.222. The van der Waals surface area contributed by atoms with Crippen molar-refractivity contribution in [3.63, 3.8) is 0 Å². The number of esters is 1. The number of halogens is 3. The fourth-order valence-corrected chi connectivity index (χ4v) is 0.974. The summed E-state index contributed by atoms with van der Waals surface area (Å²) >= 11 is 0. The molecule has 0 aliphatic heterocycles. The zero-order valence-electron chi connectivity index (χ0n) is 8.00. The third-order valence-corrected chi connectivity index (χ3v) is 1.73. The first-order valence-corrected chi connectivity index (χ1v) is 3.95. The molecule has 0 saturated carbocycles. The van der Waals surface area contributed by atoms with Gasteiger partial charge in [-0.3, -0.25) is 0 Å². The van der Waals surface area contributed by atoms with Gasteiger partial charge in [0.25, 0.3) is 0 Å². The van der Waals surface area contributed by atoms with Gasteiger partial charge < -0.3 is 4.74 Å². The Morgan fingerprint density at radius 2 is 2.19 bits per heavy atom. The normalized spacial score (nSPS) is 10.7. The molecule has 0 fully saturated rings. The SMILES string of the molecule is COC(=O)c1cc(C(F)(F)F)cnc1C#N. The molecule has 0 atom stereocenters. The third-order valence-electron chi connectivity index (χ3n) is 1.73. The first-order valence-electron chi connectivity index (χ1n) is 3.95. The highest BCUT2D eigenvalue weighted by Gasteiger charge is 2.32. The first kappa shape index (κ1) is 12.0. The lowest BCUT2D eigenvalue weighted by molar-refractivity contribution is -0.137. The molecule has 0 bridgehead atoms. The van der Waals surface area contributed by atoms with Gasteiger partial charge in [-0.15, -0.1) is 0 Å². The second-order valence-corrected chi connectivity index (χ2v) is 2.72. The number of pyridine rings is 1. The van der Waals surface area contributed by atoms with E-state index >= 15 is 0 Å². The molecule has 0 aliphatic carbocycles. The molecule has 0 N–H and O–H groups in total. The summed E-state index contributed by atoms with van der Waals surface area (Å²) in [6.45, 7) is 0. The second-order valence-electron chi connectivity index (χ2n) is 2.72. The van der Waals surface area contributed by atoms with Gasteiger partial charge in [-0.2, -0.15) is 18.4 Å². The van der Waals surface area contributed by atoms with E-state index in [-0.39, 0.29) is 0 Å². The molecule has 1 rings (SSSR count). The van der Waals surface area contributed by atoms with Crippen LogP contribution in [0.3, 0.4) is 0 Å². The monoisotopic (exact) mass is 230 g/mol. The summed E-state index contributed by atoms with van der Waals surface area (Å²) in [4.78, 5) is 14.3. The predicted octanol–water partition coefficient (Wildman–Crippen LogP) is 1.76. The number of hydrogen-bond acceptors (Lipinski definition) is 4. The van der Waals surface area contributed by atoms with Crippen LogP contribution in [0.25, 0.3) is 0 Å². The van der Waals surface area contributed by atoms with E-state index in [1.54, 1.807) is 0 Å². The number of carbonyl (C=O) groups is 1. The van der Waals surface area contributed by atoms with Crippen LogP contribution in [0, 0.1) is 11.3 Å². The summed E-state index contributed by atoms with van der Waals surface area (Å²) in [5.74, 6) is -1.03. The maximum Gasteiger partial charge on any atom is 0.417 e. The maximum atomic E-state index is 12.3. The Labute approximate surface area is 88.3 Å². The number of carbonyl (C=O) groups excluding carboxylic acids is 1. The van der Waals surface area contributed by atoms with Gasteiger partial charge in [0, 0.05) is 6.20 Å². The topological polar surface area (TPSA) is 63.0 Å². The summed E-state index contributed by atoms with van der Waals surface area (Å²) < 4.78 is 41.1. The molecule has 0 radical (unpaired) electrons. The number of ether oxygens (including phenoxy) is 1. The molecular formula is C9H5F3N2O2. The highest BCUT2D eigenvalue weighted by atomic mass is 19.4. The van der Waals surface area contributed by atoms with E-state index in [9.17, 15) is 18.0 Å². The molecule has 0 aromatic carbocycles. The lowest BCUT2D eigenvalue weighted by Crippen LogP contribution is -2.11. The average Bonchev–Trinajstić information content (AvgIpc) is 2.25. The van der Waals surface area contributed by atoms with Crippen LogP contribution in [0.2, 0.25) is 0 Å². The van der Waals surface area contributed by atoms with E-state index < -0.39 is 29.0 Å². The van der Waals surface area contributed by atoms with Crippen molar-refractivity contribution in [3.05, 3.63) is 29.1 Å². The van der Waals surface area contributed by atoms with Crippen LogP contribution in [0.4, 0.5) is 13.2 Å². The number of nitriles is 1. The zero-order valence-corrected chi connectivity index (χ0v) is 8.00. The van der Waals surface area contributed by atoms with Crippen molar-refractivity contribution in [2.45, 2.75) is 6.18 Å². The molecular weight excluding hydrogens is 225 g/mol. The van der Waals surface area contributed by atoms with Gasteiger partial charge >= 0.3 is 12.1 Å². The van der Waals surface area contributed by atoms with Crippen LogP contribution in [-0.4, -0.2) is 18.1 Å². The number of nitrogens with zero attached hydrogens (tertiary/aromatic N) is 2. The van der Waals surface area contributed by atoms with E-state index in [2.05, 4.69) is 9.72 Å². The van der Waals surface area contributed by atoms with E-state index in [0.29, 0.717) is 12.3 Å². The quantitative estimate of drug-likeness (QED) is 0.689. The van der Waals surface area contributed by atoms with Crippen molar-refractivity contribution >= 4 is 5.97 Å². The van der Waals surface area contributed by atoms with E-state index in [1.807, 2.05) is 0 Å². The Balaban J connectivity index is 3.34. The Morgan fingerprint density at radius 1 is 1.56 bits per heavy atom. The van der Waals surface area contributed by atoms with Crippen molar-refractivity contribution < 1.29 is 22.7 Å². The molecule has 16 heavy (non-hydrogen) atoms. The first-order chi connectivity index (χ1) is 7.40. The van der Waals surface area contributed by atoms with E-state index in [0.717, 1.165) is 7.11 Å². The Kier molecular flexibility index (Phi) is 3.13. The number of alkyl halides is 3. The smallest absolute Gasteiger partial charge is 0.417 e. The van der Waals surface area contributed by atoms with Gasteiger partial charge in [-0.05, 0) is 6.07 Å². The number of rotatable bonds is 1. The fourth-order valence-electron chi connectivity index (χ4n) is 0.974. The summed E-state index contributed by atoms with van der Waals surface area (Å²) in [5, 5.41) is 8.56. The summed E-state index contributed by atoms with van der Waals surface area (Å²) in [5.41, 5.74) is -2.01. The van der Waals surface area contributed by atoms with Crippen LogP contribution in [0.15, 0.2) is 12.3 Å². The van der Waals surface area contributed by atoms with Crippen molar-refractivity contribution in [2.24, 2.45) is 0 Å². The molecule has 0 aliphatic rings. The number of hydrogen-bond donors (Lipinski definition) is 0. The summed E-state index contributed by atoms with van der Waals surface area (Å²) in [6.07, 6.45) is -4.13. The number of methoxy groups -OCH3 is 1. The molecule has 4 nitrogen and oxygen atoms in total. The lowest BCUT2D eigenvalue weighted by Gasteiger charge is -2.08. The molecule has 0 spiro atoms. The van der Waals surface area contributed by atoms with E-state index in [4.69, 9.17) is 5.26 Å². The minimum atomic E-state index is -4.62. The van der Waals surface area contributed by atoms with Crippen LogP contribution < -0.4 is 0 Å². The minimum Gasteiger partial charge on any atom is -0.465 e. The van der Waals surface area contributed by atoms with E-state index in [1.165, 1.54) is 6.07 Å². The van der Waals surface area contributed by atoms with Crippen LogP contribution in [0.5, 0.6) is 0 Å². The van der Waals surface area contributed by atoms with Crippen LogP contribution >= 0.6 is 0 Å². The highest BCUT2D eigenvalue weighted by molar-refractivity contribution is 5.91. The standard InChI is InChI=1S/C9H5F3N2O2/c1-16-8(15)6-2-5(9(10,11)12)4-14-7(6)3-13/h2,4H,1H3. The second kappa shape index (κ2) is 4.18. The Hall–Kier alpha value is -2.10. The molecule has 1 aromatic rings. The Bertz CT molecular complexity index is 463. The highest BCUT2D eigenvalue weighted by Crippen LogP contribution is 2.29. The third kappa shape index (κ3) is 2.28. The van der Waals surface area contributed by atoms with Gasteiger partial charge in [0.05, 0.1) is 18.2 Å². The molecule has 0 amide bonds. The van der Waals surface area contributed by atoms with Gasteiger partial charge in [-0.1, -0.05) is 0 Å².